The van der Waals surface area contributed by atoms with Gasteiger partial charge in [0.2, 0.25) is 0 Å². The second-order valence-corrected chi connectivity index (χ2v) is 6.76. The molecule has 116 valence electrons. The quantitative estimate of drug-likeness (QED) is 0.856. The van der Waals surface area contributed by atoms with Crippen molar-refractivity contribution in [3.05, 3.63) is 39.9 Å². The summed E-state index contributed by atoms with van der Waals surface area (Å²) in [5.74, 6) is 0.376. The molecule has 22 heavy (non-hydrogen) atoms. The van der Waals surface area contributed by atoms with Crippen LogP contribution >= 0.6 is 22.9 Å². The van der Waals surface area contributed by atoms with Crippen LogP contribution in [0, 0.1) is 0 Å². The molecule has 1 heterocycles. The molecule has 0 unspecified atom stereocenters. The lowest BCUT2D eigenvalue weighted by atomic mass is 10.2. The Balaban J connectivity index is 1.55. The molecule has 0 fully saturated rings. The van der Waals surface area contributed by atoms with Crippen molar-refractivity contribution < 1.29 is 9.53 Å². The minimum atomic E-state index is -0.205. The Morgan fingerprint density at radius 1 is 1.32 bits per heavy atom. The third kappa shape index (κ3) is 3.99. The molecular weight excluding hydrogens is 320 g/mol. The van der Waals surface area contributed by atoms with E-state index in [9.17, 15) is 4.79 Å². The van der Waals surface area contributed by atoms with Crippen LogP contribution in [0.3, 0.4) is 0 Å². The van der Waals surface area contributed by atoms with E-state index in [1.807, 2.05) is 0 Å². The number of rotatable bonds is 4. The summed E-state index contributed by atoms with van der Waals surface area (Å²) in [6.07, 6.45) is 5.74. The molecule has 1 aromatic carbocycles. The average Bonchev–Trinajstić information content (AvgIpc) is 2.74. The maximum atomic E-state index is 11.9. The van der Waals surface area contributed by atoms with E-state index in [0.717, 1.165) is 18.5 Å². The second kappa shape index (κ2) is 7.11. The number of aromatic nitrogens is 1. The molecule has 4 nitrogen and oxygen atoms in total. The van der Waals surface area contributed by atoms with Crippen molar-refractivity contribution in [3.63, 3.8) is 0 Å². The van der Waals surface area contributed by atoms with Gasteiger partial charge in [-0.1, -0.05) is 24.1 Å². The van der Waals surface area contributed by atoms with Crippen molar-refractivity contribution in [1.82, 2.24) is 4.98 Å². The lowest BCUT2D eigenvalue weighted by Crippen LogP contribution is -2.20. The second-order valence-electron chi connectivity index (χ2n) is 5.24. The third-order valence-corrected chi connectivity index (χ3v) is 4.82. The summed E-state index contributed by atoms with van der Waals surface area (Å²) in [5.41, 5.74) is 1.15. The molecule has 1 aliphatic rings. The number of aryl methyl sites for hydroxylation is 2. The van der Waals surface area contributed by atoms with Gasteiger partial charge in [0.25, 0.3) is 5.91 Å². The van der Waals surface area contributed by atoms with E-state index in [2.05, 4.69) is 10.3 Å². The highest BCUT2D eigenvalue weighted by Crippen LogP contribution is 2.28. The first-order valence-electron chi connectivity index (χ1n) is 7.37. The number of carbonyl (C=O) groups is 1. The van der Waals surface area contributed by atoms with Gasteiger partial charge in [-0.05, 0) is 43.9 Å². The summed E-state index contributed by atoms with van der Waals surface area (Å²) in [6.45, 7) is -0.0510. The maximum absolute atomic E-state index is 11.9. The largest absolute Gasteiger partial charge is 0.484 e. The number of carbonyl (C=O) groups excluding carboxylic acids is 1. The summed E-state index contributed by atoms with van der Waals surface area (Å²) in [7, 11) is 0. The molecule has 6 heteroatoms. The van der Waals surface area contributed by atoms with E-state index in [1.54, 1.807) is 35.6 Å². The summed E-state index contributed by atoms with van der Waals surface area (Å²) >= 11 is 7.45. The Morgan fingerprint density at radius 3 is 3.05 bits per heavy atom. The van der Waals surface area contributed by atoms with Crippen LogP contribution in [0.5, 0.6) is 5.75 Å². The highest BCUT2D eigenvalue weighted by atomic mass is 35.5. The van der Waals surface area contributed by atoms with Gasteiger partial charge in [0.05, 0.1) is 5.69 Å². The van der Waals surface area contributed by atoms with Crippen LogP contribution in [0.1, 0.15) is 29.8 Å². The topological polar surface area (TPSA) is 51.2 Å². The molecule has 0 radical (unpaired) electrons. The van der Waals surface area contributed by atoms with Crippen molar-refractivity contribution in [2.45, 2.75) is 32.1 Å². The minimum Gasteiger partial charge on any atom is -0.484 e. The lowest BCUT2D eigenvalue weighted by molar-refractivity contribution is -0.118. The molecule has 0 aliphatic heterocycles. The predicted octanol–water partition coefficient (Wildman–Crippen LogP) is 4.08. The first kappa shape index (κ1) is 15.3. The van der Waals surface area contributed by atoms with E-state index in [4.69, 9.17) is 16.3 Å². The Hall–Kier alpha value is -1.59. The van der Waals surface area contributed by atoms with Crippen molar-refractivity contribution in [3.8, 4) is 5.75 Å². The van der Waals surface area contributed by atoms with Gasteiger partial charge in [0, 0.05) is 9.90 Å². The number of benzene rings is 1. The molecule has 1 aliphatic carbocycles. The van der Waals surface area contributed by atoms with Crippen LogP contribution in [0.25, 0.3) is 0 Å². The SMILES string of the molecule is O=C(COc1cccc(Cl)c1)Nc1nc2c(s1)CCCCC2. The van der Waals surface area contributed by atoms with Gasteiger partial charge in [-0.2, -0.15) is 0 Å². The van der Waals surface area contributed by atoms with Gasteiger partial charge >= 0.3 is 0 Å². The molecule has 1 N–H and O–H groups in total. The Labute approximate surface area is 138 Å². The Morgan fingerprint density at radius 2 is 2.18 bits per heavy atom. The number of amides is 1. The zero-order valence-corrected chi connectivity index (χ0v) is 13.7. The maximum Gasteiger partial charge on any atom is 0.264 e. The van der Waals surface area contributed by atoms with E-state index >= 15 is 0 Å². The fraction of sp³-hybridized carbons (Fsp3) is 0.375. The summed E-state index contributed by atoms with van der Waals surface area (Å²) in [4.78, 5) is 17.8. The van der Waals surface area contributed by atoms with Crippen molar-refractivity contribution in [2.75, 3.05) is 11.9 Å². The highest BCUT2D eigenvalue weighted by molar-refractivity contribution is 7.15. The zero-order valence-electron chi connectivity index (χ0n) is 12.1. The molecule has 0 saturated carbocycles. The lowest BCUT2D eigenvalue weighted by Gasteiger charge is -2.05. The van der Waals surface area contributed by atoms with Gasteiger partial charge in [-0.15, -0.1) is 11.3 Å². The Kier molecular flexibility index (Phi) is 4.95. The van der Waals surface area contributed by atoms with Crippen LogP contribution in [-0.4, -0.2) is 17.5 Å². The molecule has 2 aromatic rings. The smallest absolute Gasteiger partial charge is 0.264 e. The van der Waals surface area contributed by atoms with E-state index in [1.165, 1.54) is 24.1 Å². The fourth-order valence-corrected chi connectivity index (χ4v) is 3.69. The monoisotopic (exact) mass is 336 g/mol. The number of hydrogen-bond donors (Lipinski definition) is 1. The number of ether oxygens (including phenoxy) is 1. The van der Waals surface area contributed by atoms with Crippen LogP contribution in [0.2, 0.25) is 5.02 Å². The number of nitrogens with zero attached hydrogens (tertiary/aromatic N) is 1. The van der Waals surface area contributed by atoms with Crippen molar-refractivity contribution in [2.24, 2.45) is 0 Å². The van der Waals surface area contributed by atoms with Gasteiger partial charge in [-0.25, -0.2) is 4.98 Å². The van der Waals surface area contributed by atoms with Gasteiger partial charge in [-0.3, -0.25) is 10.1 Å². The molecule has 0 saturated heterocycles. The number of halogens is 1. The number of nitrogens with one attached hydrogen (secondary N) is 1. The summed E-state index contributed by atoms with van der Waals surface area (Å²) in [5, 5.41) is 4.07. The number of anilines is 1. The Bertz CT molecular complexity index is 648. The predicted molar refractivity (Wildman–Crippen MR) is 88.9 cm³/mol. The van der Waals surface area contributed by atoms with Crippen LogP contribution < -0.4 is 10.1 Å². The molecule has 3 rings (SSSR count). The van der Waals surface area contributed by atoms with E-state index in [-0.39, 0.29) is 12.5 Å². The number of fused-ring (bicyclic) bond motifs is 1. The van der Waals surface area contributed by atoms with Gasteiger partial charge in [0.1, 0.15) is 5.75 Å². The summed E-state index contributed by atoms with van der Waals surface area (Å²) in [6, 6.07) is 7.00. The van der Waals surface area contributed by atoms with Crippen LogP contribution in [0.15, 0.2) is 24.3 Å². The van der Waals surface area contributed by atoms with Crippen molar-refractivity contribution >= 4 is 34.0 Å². The molecular formula is C16H17ClN2O2S. The molecule has 0 atom stereocenters. The van der Waals surface area contributed by atoms with E-state index < -0.39 is 0 Å². The molecule has 0 bridgehead atoms. The number of hydrogen-bond acceptors (Lipinski definition) is 4. The summed E-state index contributed by atoms with van der Waals surface area (Å²) < 4.78 is 5.42. The third-order valence-electron chi connectivity index (χ3n) is 3.51. The van der Waals surface area contributed by atoms with Crippen LogP contribution in [0.4, 0.5) is 5.13 Å². The zero-order chi connectivity index (χ0) is 15.4. The van der Waals surface area contributed by atoms with Gasteiger partial charge < -0.3 is 4.74 Å². The fourth-order valence-electron chi connectivity index (χ4n) is 2.44. The molecule has 1 aromatic heterocycles. The minimum absolute atomic E-state index is 0.0510. The molecule has 1 amide bonds. The van der Waals surface area contributed by atoms with Gasteiger partial charge in [0.15, 0.2) is 11.7 Å². The first-order chi connectivity index (χ1) is 10.7. The first-order valence-corrected chi connectivity index (χ1v) is 8.57. The standard InChI is InChI=1S/C16H17ClN2O2S/c17-11-5-4-6-12(9-11)21-10-15(20)19-16-18-13-7-2-1-3-8-14(13)22-16/h4-6,9H,1-3,7-8,10H2,(H,18,19,20). The normalized spacial score (nSPS) is 14.0. The van der Waals surface area contributed by atoms with Crippen LogP contribution in [-0.2, 0) is 17.6 Å². The molecule has 0 spiro atoms. The van der Waals surface area contributed by atoms with E-state index in [0.29, 0.717) is 15.9 Å². The highest BCUT2D eigenvalue weighted by Gasteiger charge is 2.15. The number of thiazole rings is 1. The average molecular weight is 337 g/mol. The van der Waals surface area contributed by atoms with Crippen molar-refractivity contribution in [1.29, 1.82) is 0 Å².